The molecule has 1 heteroatoms. The topological polar surface area (TPSA) is 26.0 Å². The number of hydrogen-bond donors (Lipinski definition) is 1. The Morgan fingerprint density at radius 2 is 1.60 bits per heavy atom. The summed E-state index contributed by atoms with van der Waals surface area (Å²) in [7, 11) is 0. The maximum atomic E-state index is 4.85. The third kappa shape index (κ3) is 6.09. The number of nitrogens with two attached hydrogens (primary N) is 1. The minimum Gasteiger partial charge on any atom is -0.331 e. The summed E-state index contributed by atoms with van der Waals surface area (Å²) in [6.07, 6.45) is 7.44. The average Bonchev–Trinajstić information content (AvgIpc) is 1.91. The molecule has 0 aromatic rings. The second kappa shape index (κ2) is 7.07. The van der Waals surface area contributed by atoms with E-state index in [1.165, 1.54) is 32.1 Å². The van der Waals surface area contributed by atoms with Crippen molar-refractivity contribution in [3.8, 4) is 0 Å². The van der Waals surface area contributed by atoms with Crippen LogP contribution in [0.3, 0.4) is 0 Å². The average molecular weight is 143 g/mol. The highest BCUT2D eigenvalue weighted by atomic mass is 14.5. The van der Waals surface area contributed by atoms with Gasteiger partial charge in [-0.3, -0.25) is 0 Å². The Hall–Kier alpha value is -0.0400. The zero-order valence-electron chi connectivity index (χ0n) is 7.40. The van der Waals surface area contributed by atoms with Crippen molar-refractivity contribution in [2.24, 2.45) is 11.7 Å². The van der Waals surface area contributed by atoms with E-state index in [-0.39, 0.29) is 0 Å². The third-order valence-electron chi connectivity index (χ3n) is 1.89. The van der Waals surface area contributed by atoms with Crippen molar-refractivity contribution >= 4 is 0 Å². The monoisotopic (exact) mass is 143 g/mol. The van der Waals surface area contributed by atoms with E-state index < -0.39 is 0 Å². The minimum absolute atomic E-state index is 0.750. The van der Waals surface area contributed by atoms with Gasteiger partial charge in [-0.2, -0.15) is 0 Å². The predicted molar refractivity (Wildman–Crippen MR) is 47.0 cm³/mol. The lowest BCUT2D eigenvalue weighted by molar-refractivity contribution is 0.385. The van der Waals surface area contributed by atoms with Crippen LogP contribution in [0.25, 0.3) is 0 Å². The van der Waals surface area contributed by atoms with Crippen molar-refractivity contribution < 1.29 is 0 Å². The van der Waals surface area contributed by atoms with Crippen molar-refractivity contribution in [2.45, 2.75) is 46.0 Å². The molecule has 0 aromatic heterocycles. The minimum atomic E-state index is 0.750. The molecule has 10 heavy (non-hydrogen) atoms. The van der Waals surface area contributed by atoms with Crippen LogP contribution in [0, 0.1) is 5.92 Å². The standard InChI is InChI=1S/C7H14.C2H7N/c1-7-5-3-2-4-6-7;1-2-3/h7H,2-6H2,1H3;2-3H2,1H3. The molecule has 0 unspecified atom stereocenters. The first-order chi connectivity index (χ1) is 4.81. The van der Waals surface area contributed by atoms with E-state index in [1.807, 2.05) is 6.92 Å². The number of rotatable bonds is 0. The molecule has 1 rings (SSSR count). The Kier molecular flexibility index (Phi) is 7.04. The molecule has 0 atom stereocenters. The molecule has 0 aromatic carbocycles. The Morgan fingerprint density at radius 1 is 1.20 bits per heavy atom. The fourth-order valence-corrected chi connectivity index (χ4v) is 1.31. The largest absolute Gasteiger partial charge is 0.331 e. The van der Waals surface area contributed by atoms with Gasteiger partial charge in [0.25, 0.3) is 0 Å². The second-order valence-corrected chi connectivity index (χ2v) is 3.15. The molecule has 1 aliphatic carbocycles. The highest BCUT2D eigenvalue weighted by Crippen LogP contribution is 2.21. The van der Waals surface area contributed by atoms with E-state index in [1.54, 1.807) is 0 Å². The van der Waals surface area contributed by atoms with Gasteiger partial charge in [0, 0.05) is 0 Å². The summed E-state index contributed by atoms with van der Waals surface area (Å²) in [4.78, 5) is 0. The molecule has 0 bridgehead atoms. The molecule has 1 fully saturated rings. The molecule has 0 amide bonds. The molecular weight excluding hydrogens is 122 g/mol. The van der Waals surface area contributed by atoms with Crippen LogP contribution in [0.2, 0.25) is 0 Å². The molecule has 1 nitrogen and oxygen atoms in total. The van der Waals surface area contributed by atoms with Crippen LogP contribution in [0.4, 0.5) is 0 Å². The third-order valence-corrected chi connectivity index (χ3v) is 1.89. The van der Waals surface area contributed by atoms with Crippen LogP contribution < -0.4 is 5.73 Å². The van der Waals surface area contributed by atoms with Gasteiger partial charge in [0.1, 0.15) is 0 Å². The van der Waals surface area contributed by atoms with Crippen LogP contribution in [0.5, 0.6) is 0 Å². The predicted octanol–water partition coefficient (Wildman–Crippen LogP) is 2.55. The van der Waals surface area contributed by atoms with Crippen molar-refractivity contribution in [3.63, 3.8) is 0 Å². The summed E-state index contributed by atoms with van der Waals surface area (Å²) in [5.74, 6) is 1.04. The first kappa shape index (κ1) is 9.96. The van der Waals surface area contributed by atoms with Gasteiger partial charge >= 0.3 is 0 Å². The van der Waals surface area contributed by atoms with Crippen molar-refractivity contribution in [1.82, 2.24) is 0 Å². The molecule has 0 aliphatic heterocycles. The van der Waals surface area contributed by atoms with Gasteiger partial charge in [0.15, 0.2) is 0 Å². The van der Waals surface area contributed by atoms with Gasteiger partial charge < -0.3 is 5.73 Å². The van der Waals surface area contributed by atoms with Crippen LogP contribution in [0.15, 0.2) is 0 Å². The first-order valence-corrected chi connectivity index (χ1v) is 4.51. The summed E-state index contributed by atoms with van der Waals surface area (Å²) >= 11 is 0. The normalized spacial score (nSPS) is 19.5. The molecule has 1 aliphatic rings. The molecule has 0 radical (unpaired) electrons. The molecule has 2 N–H and O–H groups in total. The summed E-state index contributed by atoms with van der Waals surface area (Å²) in [5.41, 5.74) is 4.85. The second-order valence-electron chi connectivity index (χ2n) is 3.15. The quantitative estimate of drug-likeness (QED) is 0.554. The fourth-order valence-electron chi connectivity index (χ4n) is 1.31. The Morgan fingerprint density at radius 3 is 1.80 bits per heavy atom. The lowest BCUT2D eigenvalue weighted by atomic mass is 9.91. The van der Waals surface area contributed by atoms with Crippen molar-refractivity contribution in [1.29, 1.82) is 0 Å². The number of hydrogen-bond acceptors (Lipinski definition) is 1. The van der Waals surface area contributed by atoms with Crippen molar-refractivity contribution in [2.75, 3.05) is 6.54 Å². The molecule has 1 saturated carbocycles. The lowest BCUT2D eigenvalue weighted by Gasteiger charge is -2.15. The van der Waals surface area contributed by atoms with E-state index in [4.69, 9.17) is 5.73 Å². The van der Waals surface area contributed by atoms with E-state index in [0.717, 1.165) is 12.5 Å². The molecular formula is C9H21N. The maximum Gasteiger partial charge on any atom is -0.0106 e. The van der Waals surface area contributed by atoms with E-state index in [2.05, 4.69) is 6.92 Å². The Balaban J connectivity index is 0.000000236. The molecule has 62 valence electrons. The summed E-state index contributed by atoms with van der Waals surface area (Å²) < 4.78 is 0. The van der Waals surface area contributed by atoms with E-state index >= 15 is 0 Å². The first-order valence-electron chi connectivity index (χ1n) is 4.51. The Labute approximate surface area is 65.0 Å². The SMILES string of the molecule is CC1CCCCC1.CCN. The highest BCUT2D eigenvalue weighted by molar-refractivity contribution is 4.59. The Bertz CT molecular complexity index is 55.7. The van der Waals surface area contributed by atoms with E-state index in [9.17, 15) is 0 Å². The smallest absolute Gasteiger partial charge is 0.0106 e. The lowest BCUT2D eigenvalue weighted by Crippen LogP contribution is -1.99. The van der Waals surface area contributed by atoms with Crippen LogP contribution in [-0.4, -0.2) is 6.54 Å². The van der Waals surface area contributed by atoms with Gasteiger partial charge in [-0.1, -0.05) is 46.0 Å². The van der Waals surface area contributed by atoms with Gasteiger partial charge in [0.05, 0.1) is 0 Å². The van der Waals surface area contributed by atoms with Crippen molar-refractivity contribution in [3.05, 3.63) is 0 Å². The summed E-state index contributed by atoms with van der Waals surface area (Å²) in [5, 5.41) is 0. The molecule has 0 spiro atoms. The highest BCUT2D eigenvalue weighted by Gasteiger charge is 2.05. The summed E-state index contributed by atoms with van der Waals surface area (Å²) in [6, 6.07) is 0. The maximum absolute atomic E-state index is 4.85. The zero-order chi connectivity index (χ0) is 7.82. The van der Waals surface area contributed by atoms with Crippen LogP contribution in [0.1, 0.15) is 46.0 Å². The van der Waals surface area contributed by atoms with Gasteiger partial charge in [-0.15, -0.1) is 0 Å². The van der Waals surface area contributed by atoms with Crippen LogP contribution >= 0.6 is 0 Å². The zero-order valence-corrected chi connectivity index (χ0v) is 7.40. The summed E-state index contributed by atoms with van der Waals surface area (Å²) in [6.45, 7) is 5.01. The fraction of sp³-hybridized carbons (Fsp3) is 1.00. The molecule has 0 saturated heterocycles. The van der Waals surface area contributed by atoms with Crippen LogP contribution in [-0.2, 0) is 0 Å². The van der Waals surface area contributed by atoms with E-state index in [0.29, 0.717) is 0 Å². The van der Waals surface area contributed by atoms with Gasteiger partial charge in [-0.05, 0) is 12.5 Å². The molecule has 0 heterocycles. The van der Waals surface area contributed by atoms with Gasteiger partial charge in [-0.25, -0.2) is 0 Å². The van der Waals surface area contributed by atoms with Gasteiger partial charge in [0.2, 0.25) is 0 Å².